The lowest BCUT2D eigenvalue weighted by molar-refractivity contribution is -0.259. The van der Waals surface area contributed by atoms with Crippen molar-refractivity contribution in [2.24, 2.45) is 0 Å². The van der Waals surface area contributed by atoms with E-state index in [-0.39, 0.29) is 24.6 Å². The van der Waals surface area contributed by atoms with Crippen molar-refractivity contribution in [3.05, 3.63) is 0 Å². The summed E-state index contributed by atoms with van der Waals surface area (Å²) in [5.41, 5.74) is 0. The Bertz CT molecular complexity index is 774. The average Bonchev–Trinajstić information content (AvgIpc) is 3.56. The number of aliphatic hydroxyl groups is 1. The summed E-state index contributed by atoms with van der Waals surface area (Å²) in [4.78, 5) is 25.9. The first-order valence-electron chi connectivity index (χ1n) is 22.4. The molecule has 1 aliphatic rings. The summed E-state index contributed by atoms with van der Waals surface area (Å²) >= 11 is 0. The molecule has 7 heteroatoms. The predicted octanol–water partition coefficient (Wildman–Crippen LogP) is 12.0. The van der Waals surface area contributed by atoms with Gasteiger partial charge in [0.2, 0.25) is 5.79 Å². The third kappa shape index (κ3) is 26.3. The van der Waals surface area contributed by atoms with Gasteiger partial charge in [0.25, 0.3) is 0 Å². The molecule has 1 heterocycles. The number of unbranched alkanes of at least 4 members (excludes halogenated alkanes) is 21. The van der Waals surface area contributed by atoms with E-state index in [0.717, 1.165) is 51.4 Å². The molecule has 2 atom stereocenters. The van der Waals surface area contributed by atoms with Gasteiger partial charge in [-0.1, -0.05) is 169 Å². The van der Waals surface area contributed by atoms with E-state index in [9.17, 15) is 14.7 Å². The highest BCUT2D eigenvalue weighted by Crippen LogP contribution is 2.34. The summed E-state index contributed by atoms with van der Waals surface area (Å²) in [6.45, 7) is 9.76. The number of aliphatic hydroxyl groups excluding tert-OH is 1. The van der Waals surface area contributed by atoms with Gasteiger partial charge in [-0.25, -0.2) is 0 Å². The molecule has 0 unspecified atom stereocenters. The van der Waals surface area contributed by atoms with Crippen LogP contribution in [0.3, 0.4) is 0 Å². The van der Waals surface area contributed by atoms with Crippen LogP contribution in [-0.2, 0) is 23.8 Å². The van der Waals surface area contributed by atoms with Gasteiger partial charge in [0, 0.05) is 32.2 Å². The standard InChI is InChI=1S/C44H85NO6/c1-5-9-13-17-21-25-31-40(32-26-22-18-14-10-6-2)50-44(34-28-23-19-15-11-7-3,35-29-24-20-16-12-8-4)51-42(47)33-27-30-36-49-43(48)41-37-39(46)38-45-41/h39-41,45-46H,5-38H2,1-4H3/t39-,41-/m0/s1. The van der Waals surface area contributed by atoms with Crippen LogP contribution in [0.4, 0.5) is 0 Å². The third-order valence-electron chi connectivity index (χ3n) is 10.7. The maximum absolute atomic E-state index is 13.6. The van der Waals surface area contributed by atoms with E-state index in [2.05, 4.69) is 33.0 Å². The van der Waals surface area contributed by atoms with Gasteiger partial charge in [0.15, 0.2) is 0 Å². The lowest BCUT2D eigenvalue weighted by atomic mass is 9.97. The number of carbonyl (C=O) groups excluding carboxylic acids is 2. The molecule has 51 heavy (non-hydrogen) atoms. The topological polar surface area (TPSA) is 94.1 Å². The SMILES string of the molecule is CCCCCCCCC(CCCCCCCC)OC(CCCCCCCC)(CCCCCCCC)OC(=O)CCCCOC(=O)[C@@H]1C[C@H](O)CN1. The molecule has 0 aliphatic carbocycles. The van der Waals surface area contributed by atoms with E-state index in [1.165, 1.54) is 128 Å². The number of nitrogens with one attached hydrogen (secondary N) is 1. The fraction of sp³-hybridized carbons (Fsp3) is 0.955. The van der Waals surface area contributed by atoms with Crippen molar-refractivity contribution < 1.29 is 28.9 Å². The van der Waals surface area contributed by atoms with E-state index < -0.39 is 17.9 Å². The van der Waals surface area contributed by atoms with Crippen LogP contribution in [0.2, 0.25) is 0 Å². The van der Waals surface area contributed by atoms with Crippen LogP contribution in [0.25, 0.3) is 0 Å². The van der Waals surface area contributed by atoms with Gasteiger partial charge in [0.1, 0.15) is 6.04 Å². The van der Waals surface area contributed by atoms with Gasteiger partial charge in [-0.2, -0.15) is 0 Å². The lowest BCUT2D eigenvalue weighted by Crippen LogP contribution is -2.42. The van der Waals surface area contributed by atoms with Crippen LogP contribution >= 0.6 is 0 Å². The monoisotopic (exact) mass is 724 g/mol. The van der Waals surface area contributed by atoms with Crippen LogP contribution in [0.15, 0.2) is 0 Å². The Morgan fingerprint density at radius 2 is 1.08 bits per heavy atom. The third-order valence-corrected chi connectivity index (χ3v) is 10.7. The molecule has 302 valence electrons. The second-order valence-electron chi connectivity index (χ2n) is 15.7. The Morgan fingerprint density at radius 3 is 1.53 bits per heavy atom. The molecule has 0 aromatic carbocycles. The quantitative estimate of drug-likeness (QED) is 0.0374. The Morgan fingerprint density at radius 1 is 0.627 bits per heavy atom. The summed E-state index contributed by atoms with van der Waals surface area (Å²) in [6, 6.07) is -0.438. The first-order valence-corrected chi connectivity index (χ1v) is 22.4. The van der Waals surface area contributed by atoms with E-state index in [1.807, 2.05) is 0 Å². The summed E-state index contributed by atoms with van der Waals surface area (Å²) in [7, 11) is 0. The molecule has 0 bridgehead atoms. The molecule has 0 radical (unpaired) electrons. The molecule has 0 amide bonds. The van der Waals surface area contributed by atoms with E-state index >= 15 is 0 Å². The Kier molecular flexibility index (Phi) is 31.3. The van der Waals surface area contributed by atoms with E-state index in [4.69, 9.17) is 14.2 Å². The highest BCUT2D eigenvalue weighted by molar-refractivity contribution is 5.76. The second kappa shape index (κ2) is 33.4. The van der Waals surface area contributed by atoms with Crippen LogP contribution < -0.4 is 5.32 Å². The number of esters is 2. The van der Waals surface area contributed by atoms with Gasteiger partial charge < -0.3 is 24.6 Å². The number of β-amino-alcohol motifs (C(OH)–C–C–N with tert-alkyl or cyclic N) is 1. The first kappa shape index (κ1) is 47.8. The van der Waals surface area contributed by atoms with Crippen molar-refractivity contribution in [1.29, 1.82) is 0 Å². The minimum atomic E-state index is -0.858. The van der Waals surface area contributed by atoms with Crippen molar-refractivity contribution in [3.63, 3.8) is 0 Å². The highest BCUT2D eigenvalue weighted by Gasteiger charge is 2.37. The summed E-state index contributed by atoms with van der Waals surface area (Å²) in [5, 5.41) is 12.7. The Labute approximate surface area is 315 Å². The molecule has 7 nitrogen and oxygen atoms in total. The first-order chi connectivity index (χ1) is 24.9. The molecule has 1 fully saturated rings. The minimum Gasteiger partial charge on any atom is -0.465 e. The molecular weight excluding hydrogens is 638 g/mol. The van der Waals surface area contributed by atoms with Crippen molar-refractivity contribution in [2.45, 2.75) is 257 Å². The summed E-state index contributed by atoms with van der Waals surface area (Å²) < 4.78 is 19.2. The number of rotatable bonds is 37. The number of hydrogen-bond acceptors (Lipinski definition) is 7. The van der Waals surface area contributed by atoms with E-state index in [1.54, 1.807) is 0 Å². The number of carbonyl (C=O) groups is 2. The number of ether oxygens (including phenoxy) is 3. The van der Waals surface area contributed by atoms with Gasteiger partial charge in [0.05, 0.1) is 18.8 Å². The van der Waals surface area contributed by atoms with Crippen LogP contribution in [0.1, 0.15) is 233 Å². The van der Waals surface area contributed by atoms with Crippen molar-refractivity contribution in [3.8, 4) is 0 Å². The zero-order valence-corrected chi connectivity index (χ0v) is 34.3. The molecule has 0 spiro atoms. The molecule has 0 saturated carbocycles. The molecule has 2 N–H and O–H groups in total. The fourth-order valence-corrected chi connectivity index (χ4v) is 7.39. The second-order valence-corrected chi connectivity index (χ2v) is 15.7. The Hall–Kier alpha value is -1.18. The molecule has 0 aromatic heterocycles. The minimum absolute atomic E-state index is 0.123. The average molecular weight is 724 g/mol. The lowest BCUT2D eigenvalue weighted by Gasteiger charge is -2.37. The maximum Gasteiger partial charge on any atom is 0.323 e. The molecule has 1 aliphatic heterocycles. The van der Waals surface area contributed by atoms with Crippen molar-refractivity contribution in [2.75, 3.05) is 13.2 Å². The van der Waals surface area contributed by atoms with Crippen LogP contribution in [0.5, 0.6) is 0 Å². The van der Waals surface area contributed by atoms with Crippen LogP contribution in [-0.4, -0.2) is 54.2 Å². The largest absolute Gasteiger partial charge is 0.465 e. The zero-order valence-electron chi connectivity index (χ0n) is 34.3. The van der Waals surface area contributed by atoms with Crippen LogP contribution in [0, 0.1) is 0 Å². The number of hydrogen-bond donors (Lipinski definition) is 2. The highest BCUT2D eigenvalue weighted by atomic mass is 16.7. The fourth-order valence-electron chi connectivity index (χ4n) is 7.39. The molecule has 1 saturated heterocycles. The van der Waals surface area contributed by atoms with Gasteiger partial charge in [-0.3, -0.25) is 9.59 Å². The Balaban J connectivity index is 2.98. The van der Waals surface area contributed by atoms with Gasteiger partial charge >= 0.3 is 11.9 Å². The molecule has 0 aromatic rings. The predicted molar refractivity (Wildman–Crippen MR) is 213 cm³/mol. The molecule has 1 rings (SSSR count). The summed E-state index contributed by atoms with van der Waals surface area (Å²) in [6.07, 6.45) is 34.8. The van der Waals surface area contributed by atoms with Crippen molar-refractivity contribution in [1.82, 2.24) is 5.32 Å². The molecular formula is C44H85NO6. The smallest absolute Gasteiger partial charge is 0.323 e. The van der Waals surface area contributed by atoms with Gasteiger partial charge in [-0.15, -0.1) is 0 Å². The summed E-state index contributed by atoms with van der Waals surface area (Å²) in [5.74, 6) is -1.36. The van der Waals surface area contributed by atoms with Crippen molar-refractivity contribution >= 4 is 11.9 Å². The normalized spacial score (nSPS) is 16.3. The maximum atomic E-state index is 13.6. The zero-order chi connectivity index (χ0) is 37.3. The van der Waals surface area contributed by atoms with E-state index in [0.29, 0.717) is 32.2 Å². The van der Waals surface area contributed by atoms with Gasteiger partial charge in [-0.05, 0) is 38.5 Å².